The average molecular weight is 156 g/mol. The minimum absolute atomic E-state index is 0.435. The Bertz CT molecular complexity index is 128. The lowest BCUT2D eigenvalue weighted by atomic mass is 10.2. The number of rotatable bonds is 3. The zero-order valence-corrected chi connectivity index (χ0v) is 7.21. The van der Waals surface area contributed by atoms with Gasteiger partial charge in [-0.1, -0.05) is 13.8 Å². The second-order valence-electron chi connectivity index (χ2n) is 3.21. The summed E-state index contributed by atoms with van der Waals surface area (Å²) in [5.74, 6) is 0.518. The Morgan fingerprint density at radius 2 is 2.45 bits per heavy atom. The second kappa shape index (κ2) is 4.34. The molecule has 1 unspecified atom stereocenters. The number of hydrogen-bond donors (Lipinski definition) is 1. The van der Waals surface area contributed by atoms with E-state index in [9.17, 15) is 0 Å². The van der Waals surface area contributed by atoms with Crippen molar-refractivity contribution in [3.63, 3.8) is 0 Å². The van der Waals surface area contributed by atoms with Gasteiger partial charge in [-0.25, -0.2) is 0 Å². The zero-order valence-electron chi connectivity index (χ0n) is 7.21. The van der Waals surface area contributed by atoms with Crippen LogP contribution in [0.4, 0.5) is 0 Å². The summed E-state index contributed by atoms with van der Waals surface area (Å²) < 4.78 is 5.18. The van der Waals surface area contributed by atoms with Crippen molar-refractivity contribution < 1.29 is 4.74 Å². The molecule has 1 atom stereocenters. The molecule has 1 saturated heterocycles. The highest BCUT2D eigenvalue weighted by atomic mass is 16.5. The van der Waals surface area contributed by atoms with Gasteiger partial charge >= 0.3 is 0 Å². The van der Waals surface area contributed by atoms with Gasteiger partial charge in [0, 0.05) is 12.8 Å². The smallest absolute Gasteiger partial charge is 0.0695 e. The largest absolute Gasteiger partial charge is 0.379 e. The number of nitrogens with one attached hydrogen (secondary N) is 1. The Balaban J connectivity index is 2.10. The van der Waals surface area contributed by atoms with E-state index in [0.717, 1.165) is 19.6 Å². The van der Waals surface area contributed by atoms with Crippen LogP contribution in [-0.2, 0) is 4.74 Å². The van der Waals surface area contributed by atoms with Crippen LogP contribution < -0.4 is 5.43 Å². The lowest BCUT2D eigenvalue weighted by molar-refractivity contribution is 0.190. The highest BCUT2D eigenvalue weighted by Gasteiger charge is 2.13. The van der Waals surface area contributed by atoms with Crippen LogP contribution in [0.15, 0.2) is 5.10 Å². The van der Waals surface area contributed by atoms with E-state index in [4.69, 9.17) is 4.74 Å². The number of hydrogen-bond acceptors (Lipinski definition) is 3. The summed E-state index contributed by atoms with van der Waals surface area (Å²) in [4.78, 5) is 0. The van der Waals surface area contributed by atoms with Crippen LogP contribution in [0.3, 0.4) is 0 Å². The molecule has 0 aliphatic carbocycles. The van der Waals surface area contributed by atoms with Gasteiger partial charge < -0.3 is 10.2 Å². The molecular formula is C8H16N2O. The van der Waals surface area contributed by atoms with Gasteiger partial charge in [0.15, 0.2) is 0 Å². The molecule has 0 saturated carbocycles. The molecular weight excluding hydrogens is 140 g/mol. The van der Waals surface area contributed by atoms with Gasteiger partial charge in [0.05, 0.1) is 12.6 Å². The van der Waals surface area contributed by atoms with Gasteiger partial charge in [0.25, 0.3) is 0 Å². The topological polar surface area (TPSA) is 33.6 Å². The summed E-state index contributed by atoms with van der Waals surface area (Å²) in [6.45, 7) is 5.89. The van der Waals surface area contributed by atoms with E-state index in [1.165, 1.54) is 0 Å². The van der Waals surface area contributed by atoms with Gasteiger partial charge in [-0.15, -0.1) is 0 Å². The molecule has 1 aliphatic heterocycles. The van der Waals surface area contributed by atoms with Crippen molar-refractivity contribution in [2.75, 3.05) is 13.2 Å². The fraction of sp³-hybridized carbons (Fsp3) is 0.875. The molecule has 1 N–H and O–H groups in total. The Morgan fingerprint density at radius 3 is 3.00 bits per heavy atom. The molecule has 1 aliphatic rings. The van der Waals surface area contributed by atoms with Crippen LogP contribution in [0.1, 0.15) is 20.3 Å². The predicted octanol–water partition coefficient (Wildman–Crippen LogP) is 1.01. The van der Waals surface area contributed by atoms with Crippen molar-refractivity contribution in [1.82, 2.24) is 5.43 Å². The Hall–Kier alpha value is -0.570. The van der Waals surface area contributed by atoms with E-state index in [1.807, 2.05) is 6.21 Å². The van der Waals surface area contributed by atoms with Crippen LogP contribution in [0.25, 0.3) is 0 Å². The molecule has 0 bridgehead atoms. The molecule has 0 spiro atoms. The van der Waals surface area contributed by atoms with E-state index in [0.29, 0.717) is 12.0 Å². The van der Waals surface area contributed by atoms with Crippen molar-refractivity contribution in [3.8, 4) is 0 Å². The minimum atomic E-state index is 0.435. The number of nitrogens with zero attached hydrogens (tertiary/aromatic N) is 1. The van der Waals surface area contributed by atoms with Gasteiger partial charge in [-0.3, -0.25) is 0 Å². The molecule has 3 heteroatoms. The molecule has 0 radical (unpaired) electrons. The van der Waals surface area contributed by atoms with E-state index in [2.05, 4.69) is 24.4 Å². The lowest BCUT2D eigenvalue weighted by Gasteiger charge is -2.05. The second-order valence-corrected chi connectivity index (χ2v) is 3.21. The molecule has 64 valence electrons. The van der Waals surface area contributed by atoms with E-state index < -0.39 is 0 Å². The predicted molar refractivity (Wildman–Crippen MR) is 45.7 cm³/mol. The minimum Gasteiger partial charge on any atom is -0.379 e. The molecule has 0 amide bonds. The normalized spacial score (nSPS) is 25.2. The highest BCUT2D eigenvalue weighted by molar-refractivity contribution is 5.59. The summed E-state index contributed by atoms with van der Waals surface area (Å²) in [5, 5.41) is 4.10. The SMILES string of the molecule is CC(C)/C=N/NC1CCOC1. The standard InChI is InChI=1S/C8H16N2O/c1-7(2)5-9-10-8-3-4-11-6-8/h5,7-8,10H,3-4,6H2,1-2H3/b9-5+. The van der Waals surface area contributed by atoms with Gasteiger partial charge in [-0.2, -0.15) is 5.10 Å². The van der Waals surface area contributed by atoms with Crippen molar-refractivity contribution in [2.24, 2.45) is 11.0 Å². The monoisotopic (exact) mass is 156 g/mol. The van der Waals surface area contributed by atoms with Crippen LogP contribution in [-0.4, -0.2) is 25.5 Å². The average Bonchev–Trinajstić information content (AvgIpc) is 2.39. The Labute approximate surface area is 67.8 Å². The van der Waals surface area contributed by atoms with Gasteiger partial charge in [0.2, 0.25) is 0 Å². The van der Waals surface area contributed by atoms with Gasteiger partial charge in [0.1, 0.15) is 0 Å². The molecule has 1 fully saturated rings. The maximum Gasteiger partial charge on any atom is 0.0695 e. The third-order valence-electron chi connectivity index (χ3n) is 1.56. The van der Waals surface area contributed by atoms with Crippen LogP contribution in [0.5, 0.6) is 0 Å². The summed E-state index contributed by atoms with van der Waals surface area (Å²) in [6.07, 6.45) is 2.99. The molecule has 3 nitrogen and oxygen atoms in total. The van der Waals surface area contributed by atoms with Crippen LogP contribution >= 0.6 is 0 Å². The van der Waals surface area contributed by atoms with Crippen molar-refractivity contribution >= 4 is 6.21 Å². The third-order valence-corrected chi connectivity index (χ3v) is 1.56. The maximum atomic E-state index is 5.18. The van der Waals surface area contributed by atoms with Crippen LogP contribution in [0, 0.1) is 5.92 Å². The zero-order chi connectivity index (χ0) is 8.10. The van der Waals surface area contributed by atoms with Crippen molar-refractivity contribution in [3.05, 3.63) is 0 Å². The Kier molecular flexibility index (Phi) is 3.36. The fourth-order valence-electron chi connectivity index (χ4n) is 0.934. The highest BCUT2D eigenvalue weighted by Crippen LogP contribution is 2.02. The van der Waals surface area contributed by atoms with E-state index >= 15 is 0 Å². The van der Waals surface area contributed by atoms with Crippen LogP contribution in [0.2, 0.25) is 0 Å². The summed E-state index contributed by atoms with van der Waals surface area (Å²) in [6, 6.07) is 0.435. The maximum absolute atomic E-state index is 5.18. The number of ether oxygens (including phenoxy) is 1. The first-order valence-electron chi connectivity index (χ1n) is 4.15. The fourth-order valence-corrected chi connectivity index (χ4v) is 0.934. The van der Waals surface area contributed by atoms with Gasteiger partial charge in [-0.05, 0) is 12.3 Å². The quantitative estimate of drug-likeness (QED) is 0.488. The van der Waals surface area contributed by atoms with Crippen molar-refractivity contribution in [1.29, 1.82) is 0 Å². The van der Waals surface area contributed by atoms with E-state index in [-0.39, 0.29) is 0 Å². The Morgan fingerprint density at radius 1 is 1.64 bits per heavy atom. The molecule has 1 rings (SSSR count). The molecule has 1 heterocycles. The summed E-state index contributed by atoms with van der Waals surface area (Å²) >= 11 is 0. The van der Waals surface area contributed by atoms with E-state index in [1.54, 1.807) is 0 Å². The first kappa shape index (κ1) is 8.53. The first-order chi connectivity index (χ1) is 5.29. The van der Waals surface area contributed by atoms with Crippen molar-refractivity contribution in [2.45, 2.75) is 26.3 Å². The molecule has 11 heavy (non-hydrogen) atoms. The molecule has 0 aromatic rings. The third kappa shape index (κ3) is 3.37. The lowest BCUT2D eigenvalue weighted by Crippen LogP contribution is -2.24. The summed E-state index contributed by atoms with van der Waals surface area (Å²) in [5.41, 5.74) is 3.06. The molecule has 0 aromatic carbocycles. The summed E-state index contributed by atoms with van der Waals surface area (Å²) in [7, 11) is 0. The number of hydrazone groups is 1. The molecule has 0 aromatic heterocycles. The first-order valence-corrected chi connectivity index (χ1v) is 4.15.